The van der Waals surface area contributed by atoms with Crippen LogP contribution >= 0.6 is 11.3 Å². The van der Waals surface area contributed by atoms with Gasteiger partial charge in [0.1, 0.15) is 11.5 Å². The number of rotatable bonds is 5. The van der Waals surface area contributed by atoms with Crippen molar-refractivity contribution >= 4 is 22.7 Å². The summed E-state index contributed by atoms with van der Waals surface area (Å²) in [5.41, 5.74) is -0.0835. The third kappa shape index (κ3) is 3.27. The zero-order valence-corrected chi connectivity index (χ0v) is 11.3. The van der Waals surface area contributed by atoms with E-state index < -0.39 is 22.2 Å². The van der Waals surface area contributed by atoms with Gasteiger partial charge in [0, 0.05) is 30.5 Å². The second kappa shape index (κ2) is 5.91. The van der Waals surface area contributed by atoms with Crippen LogP contribution in [0.25, 0.3) is 0 Å². The Bertz CT molecular complexity index is 646. The Hall–Kier alpha value is -2.09. The Kier molecular flexibility index (Phi) is 4.23. The average molecular weight is 299 g/mol. The summed E-state index contributed by atoms with van der Waals surface area (Å²) in [6, 6.07) is 1.40. The summed E-state index contributed by atoms with van der Waals surface area (Å²) in [6.07, 6.45) is 0.514. The van der Waals surface area contributed by atoms with Crippen LogP contribution in [0.2, 0.25) is 0 Å². The van der Waals surface area contributed by atoms with Crippen molar-refractivity contribution in [2.24, 2.45) is 0 Å². The zero-order chi connectivity index (χ0) is 14.7. The van der Waals surface area contributed by atoms with Gasteiger partial charge in [0.15, 0.2) is 0 Å². The summed E-state index contributed by atoms with van der Waals surface area (Å²) < 4.78 is 26.5. The van der Waals surface area contributed by atoms with Gasteiger partial charge in [-0.15, -0.1) is 11.3 Å². The molecule has 0 saturated carbocycles. The molecule has 1 N–H and O–H groups in total. The first-order valence-corrected chi connectivity index (χ1v) is 6.63. The van der Waals surface area contributed by atoms with Crippen LogP contribution in [0.1, 0.15) is 10.7 Å². The molecular formula is C12H11F2N3O2S. The van der Waals surface area contributed by atoms with Gasteiger partial charge in [-0.2, -0.15) is 4.39 Å². The number of nitrogens with one attached hydrogen (secondary N) is 1. The fourth-order valence-corrected chi connectivity index (χ4v) is 2.38. The first kappa shape index (κ1) is 14.3. The van der Waals surface area contributed by atoms with E-state index in [9.17, 15) is 18.9 Å². The molecule has 0 radical (unpaired) electrons. The summed E-state index contributed by atoms with van der Waals surface area (Å²) in [5, 5.41) is 16.3. The van der Waals surface area contributed by atoms with Gasteiger partial charge in [0.05, 0.1) is 15.6 Å². The number of nitro benzene ring substituents is 1. The highest BCUT2D eigenvalue weighted by molar-refractivity contribution is 7.09. The minimum Gasteiger partial charge on any atom is -0.379 e. The molecule has 1 heterocycles. The minimum absolute atomic E-state index is 0.167. The second-order valence-corrected chi connectivity index (χ2v) is 5.14. The summed E-state index contributed by atoms with van der Waals surface area (Å²) in [5.74, 6) is -2.05. The van der Waals surface area contributed by atoms with E-state index >= 15 is 0 Å². The predicted molar refractivity (Wildman–Crippen MR) is 72.1 cm³/mol. The summed E-state index contributed by atoms with van der Waals surface area (Å²) >= 11 is 1.50. The molecule has 2 aromatic rings. The molecule has 0 aliphatic rings. The van der Waals surface area contributed by atoms with Gasteiger partial charge in [-0.05, 0) is 6.92 Å². The van der Waals surface area contributed by atoms with Crippen molar-refractivity contribution in [3.05, 3.63) is 50.0 Å². The number of halogens is 2. The van der Waals surface area contributed by atoms with E-state index in [0.29, 0.717) is 19.0 Å². The van der Waals surface area contributed by atoms with Crippen LogP contribution in [0.5, 0.6) is 0 Å². The number of anilines is 1. The zero-order valence-electron chi connectivity index (χ0n) is 10.5. The molecule has 0 spiro atoms. The molecule has 1 aromatic carbocycles. The molecule has 0 amide bonds. The molecule has 106 valence electrons. The smallest absolute Gasteiger partial charge is 0.327 e. The number of nitro groups is 1. The van der Waals surface area contributed by atoms with E-state index in [4.69, 9.17) is 0 Å². The molecule has 0 atom stereocenters. The predicted octanol–water partition coefficient (Wildman–Crippen LogP) is 3.29. The molecule has 8 heteroatoms. The van der Waals surface area contributed by atoms with Gasteiger partial charge in [-0.3, -0.25) is 10.1 Å². The molecule has 2 rings (SSSR count). The largest absolute Gasteiger partial charge is 0.379 e. The van der Waals surface area contributed by atoms with Crippen molar-refractivity contribution in [1.29, 1.82) is 0 Å². The van der Waals surface area contributed by atoms with Crippen molar-refractivity contribution in [1.82, 2.24) is 4.98 Å². The van der Waals surface area contributed by atoms with Gasteiger partial charge in [0.2, 0.25) is 5.82 Å². The molecule has 5 nitrogen and oxygen atoms in total. The van der Waals surface area contributed by atoms with Crippen molar-refractivity contribution in [2.75, 3.05) is 11.9 Å². The highest BCUT2D eigenvalue weighted by atomic mass is 32.1. The van der Waals surface area contributed by atoms with Crippen LogP contribution in [0, 0.1) is 28.7 Å². The molecule has 0 aliphatic carbocycles. The minimum atomic E-state index is -1.19. The van der Waals surface area contributed by atoms with Gasteiger partial charge < -0.3 is 5.32 Å². The number of hydrogen-bond acceptors (Lipinski definition) is 5. The van der Waals surface area contributed by atoms with Crippen molar-refractivity contribution in [3.8, 4) is 0 Å². The molecule has 0 aliphatic heterocycles. The van der Waals surface area contributed by atoms with Crippen LogP contribution in [0.4, 0.5) is 20.2 Å². The Labute approximate surface area is 117 Å². The lowest BCUT2D eigenvalue weighted by Crippen LogP contribution is -2.08. The van der Waals surface area contributed by atoms with E-state index in [1.807, 2.05) is 12.3 Å². The Morgan fingerprint density at radius 2 is 2.20 bits per heavy atom. The van der Waals surface area contributed by atoms with Gasteiger partial charge in [-0.25, -0.2) is 9.37 Å². The standard InChI is InChI=1S/C12H11F2N3O2S/c1-7-16-9(6-20-7)2-3-15-11-5-8(13)4-10(14)12(11)17(18)19/h4-6,15H,2-3H2,1H3. The van der Waals surface area contributed by atoms with Crippen LogP contribution in [-0.4, -0.2) is 16.5 Å². The number of benzene rings is 1. The number of hydrogen-bond donors (Lipinski definition) is 1. The van der Waals surface area contributed by atoms with Gasteiger partial charge in [-0.1, -0.05) is 0 Å². The Morgan fingerprint density at radius 1 is 1.45 bits per heavy atom. The Balaban J connectivity index is 2.10. The quantitative estimate of drug-likeness (QED) is 0.679. The fourth-order valence-electron chi connectivity index (χ4n) is 1.73. The maximum absolute atomic E-state index is 13.4. The summed E-state index contributed by atoms with van der Waals surface area (Å²) in [6.45, 7) is 2.17. The lowest BCUT2D eigenvalue weighted by molar-refractivity contribution is -0.386. The lowest BCUT2D eigenvalue weighted by Gasteiger charge is -2.07. The topological polar surface area (TPSA) is 68.1 Å². The third-order valence-electron chi connectivity index (χ3n) is 2.57. The molecule has 0 bridgehead atoms. The lowest BCUT2D eigenvalue weighted by atomic mass is 10.2. The molecular weight excluding hydrogens is 288 g/mol. The van der Waals surface area contributed by atoms with E-state index in [2.05, 4.69) is 10.3 Å². The number of thiazole rings is 1. The van der Waals surface area contributed by atoms with E-state index in [1.54, 1.807) is 0 Å². The normalized spacial score (nSPS) is 10.6. The van der Waals surface area contributed by atoms with Crippen molar-refractivity contribution in [3.63, 3.8) is 0 Å². The SMILES string of the molecule is Cc1nc(CCNc2cc(F)cc(F)c2[N+](=O)[O-])cs1. The number of aromatic nitrogens is 1. The summed E-state index contributed by atoms with van der Waals surface area (Å²) in [7, 11) is 0. The fraction of sp³-hybridized carbons (Fsp3) is 0.250. The van der Waals surface area contributed by atoms with Crippen LogP contribution in [-0.2, 0) is 6.42 Å². The average Bonchev–Trinajstić information content (AvgIpc) is 2.73. The van der Waals surface area contributed by atoms with Crippen molar-refractivity contribution < 1.29 is 13.7 Å². The monoisotopic (exact) mass is 299 g/mol. The highest BCUT2D eigenvalue weighted by Gasteiger charge is 2.21. The molecule has 0 saturated heterocycles. The first-order chi connectivity index (χ1) is 9.47. The molecule has 0 fully saturated rings. The number of nitrogens with zero attached hydrogens (tertiary/aromatic N) is 2. The third-order valence-corrected chi connectivity index (χ3v) is 3.40. The van der Waals surface area contributed by atoms with Gasteiger partial charge in [0.25, 0.3) is 0 Å². The molecule has 1 aromatic heterocycles. The van der Waals surface area contributed by atoms with Crippen LogP contribution < -0.4 is 5.32 Å². The van der Waals surface area contributed by atoms with Crippen LogP contribution in [0.3, 0.4) is 0 Å². The Morgan fingerprint density at radius 3 is 2.80 bits per heavy atom. The maximum Gasteiger partial charge on any atom is 0.327 e. The van der Waals surface area contributed by atoms with Crippen molar-refractivity contribution in [2.45, 2.75) is 13.3 Å². The van der Waals surface area contributed by atoms with E-state index in [-0.39, 0.29) is 5.69 Å². The van der Waals surface area contributed by atoms with E-state index in [0.717, 1.165) is 16.8 Å². The second-order valence-electron chi connectivity index (χ2n) is 4.08. The highest BCUT2D eigenvalue weighted by Crippen LogP contribution is 2.28. The number of aryl methyl sites for hydroxylation is 1. The van der Waals surface area contributed by atoms with Gasteiger partial charge >= 0.3 is 5.69 Å². The maximum atomic E-state index is 13.4. The molecule has 0 unspecified atom stereocenters. The molecule has 20 heavy (non-hydrogen) atoms. The first-order valence-electron chi connectivity index (χ1n) is 5.75. The van der Waals surface area contributed by atoms with Crippen LogP contribution in [0.15, 0.2) is 17.5 Å². The summed E-state index contributed by atoms with van der Waals surface area (Å²) in [4.78, 5) is 14.1. The van der Waals surface area contributed by atoms with E-state index in [1.165, 1.54) is 11.3 Å².